The SMILES string of the molecule is CCCCCN1CCC(Oc2ccccc2C(F)(F)F)CC1. The summed E-state index contributed by atoms with van der Waals surface area (Å²) in [6.07, 6.45) is 0.724. The lowest BCUT2D eigenvalue weighted by atomic mass is 10.1. The maximum atomic E-state index is 12.9. The number of para-hydroxylation sites is 1. The molecule has 1 aromatic rings. The summed E-state index contributed by atoms with van der Waals surface area (Å²) in [4.78, 5) is 2.38. The molecule has 0 spiro atoms. The average molecular weight is 315 g/mol. The van der Waals surface area contributed by atoms with Crippen LogP contribution in [0.15, 0.2) is 24.3 Å². The predicted molar refractivity (Wildman–Crippen MR) is 81.1 cm³/mol. The van der Waals surface area contributed by atoms with Gasteiger partial charge in [-0.3, -0.25) is 0 Å². The van der Waals surface area contributed by atoms with Gasteiger partial charge in [-0.1, -0.05) is 31.9 Å². The maximum absolute atomic E-state index is 12.9. The van der Waals surface area contributed by atoms with Crippen LogP contribution >= 0.6 is 0 Å². The molecule has 1 heterocycles. The fourth-order valence-corrected chi connectivity index (χ4v) is 2.82. The standard InChI is InChI=1S/C17H24F3NO/c1-2-3-6-11-21-12-9-14(10-13-21)22-16-8-5-4-7-15(16)17(18,19)20/h4-5,7-8,14H,2-3,6,9-13H2,1H3. The summed E-state index contributed by atoms with van der Waals surface area (Å²) in [7, 11) is 0. The smallest absolute Gasteiger partial charge is 0.419 e. The zero-order valence-corrected chi connectivity index (χ0v) is 13.0. The van der Waals surface area contributed by atoms with Gasteiger partial charge in [-0.2, -0.15) is 13.2 Å². The molecule has 0 unspecified atom stereocenters. The second-order valence-corrected chi connectivity index (χ2v) is 5.86. The molecule has 1 aromatic carbocycles. The van der Waals surface area contributed by atoms with E-state index < -0.39 is 11.7 Å². The first kappa shape index (κ1) is 17.1. The molecule has 124 valence electrons. The Morgan fingerprint density at radius 3 is 2.45 bits per heavy atom. The highest BCUT2D eigenvalue weighted by atomic mass is 19.4. The Balaban J connectivity index is 1.86. The van der Waals surface area contributed by atoms with E-state index in [2.05, 4.69) is 11.8 Å². The van der Waals surface area contributed by atoms with Crippen molar-refractivity contribution < 1.29 is 17.9 Å². The molecular weight excluding hydrogens is 291 g/mol. The van der Waals surface area contributed by atoms with Crippen molar-refractivity contribution >= 4 is 0 Å². The van der Waals surface area contributed by atoms with E-state index in [0.29, 0.717) is 0 Å². The van der Waals surface area contributed by atoms with Crippen molar-refractivity contribution in [2.24, 2.45) is 0 Å². The van der Waals surface area contributed by atoms with Crippen LogP contribution < -0.4 is 4.74 Å². The Morgan fingerprint density at radius 2 is 1.82 bits per heavy atom. The van der Waals surface area contributed by atoms with Gasteiger partial charge in [-0.05, 0) is 37.9 Å². The van der Waals surface area contributed by atoms with Crippen LogP contribution in [-0.4, -0.2) is 30.6 Å². The predicted octanol–water partition coefficient (Wildman–Crippen LogP) is 4.74. The lowest BCUT2D eigenvalue weighted by molar-refractivity contribution is -0.139. The van der Waals surface area contributed by atoms with Crippen LogP contribution in [0.4, 0.5) is 13.2 Å². The fourth-order valence-electron chi connectivity index (χ4n) is 2.82. The molecule has 5 heteroatoms. The van der Waals surface area contributed by atoms with Crippen LogP contribution in [0.1, 0.15) is 44.6 Å². The highest BCUT2D eigenvalue weighted by molar-refractivity contribution is 5.35. The number of piperidine rings is 1. The number of alkyl halides is 3. The summed E-state index contributed by atoms with van der Waals surface area (Å²) in [6.45, 7) is 5.07. The van der Waals surface area contributed by atoms with Crippen LogP contribution in [0.2, 0.25) is 0 Å². The average Bonchev–Trinajstić information content (AvgIpc) is 2.49. The lowest BCUT2D eigenvalue weighted by Crippen LogP contribution is -2.38. The Morgan fingerprint density at radius 1 is 1.14 bits per heavy atom. The molecule has 0 saturated carbocycles. The van der Waals surface area contributed by atoms with Crippen molar-refractivity contribution in [1.29, 1.82) is 0 Å². The minimum Gasteiger partial charge on any atom is -0.490 e. The summed E-state index contributed by atoms with van der Waals surface area (Å²) < 4.78 is 44.5. The molecule has 0 aromatic heterocycles. The Kier molecular flexibility index (Phi) is 6.12. The molecular formula is C17H24F3NO. The Bertz CT molecular complexity index is 453. The van der Waals surface area contributed by atoms with E-state index in [0.717, 1.165) is 38.5 Å². The summed E-state index contributed by atoms with van der Waals surface area (Å²) in [5, 5.41) is 0. The van der Waals surface area contributed by atoms with E-state index in [1.165, 1.54) is 31.4 Å². The minimum atomic E-state index is -4.36. The minimum absolute atomic E-state index is 0.0422. The van der Waals surface area contributed by atoms with Crippen molar-refractivity contribution in [1.82, 2.24) is 4.90 Å². The van der Waals surface area contributed by atoms with Crippen LogP contribution in [0, 0.1) is 0 Å². The molecule has 1 fully saturated rings. The Hall–Kier alpha value is -1.23. The third-order valence-corrected chi connectivity index (χ3v) is 4.10. The van der Waals surface area contributed by atoms with Gasteiger partial charge in [0.1, 0.15) is 11.9 Å². The molecule has 0 N–H and O–H groups in total. The van der Waals surface area contributed by atoms with Gasteiger partial charge < -0.3 is 9.64 Å². The molecule has 2 rings (SSSR count). The van der Waals surface area contributed by atoms with Gasteiger partial charge in [0.25, 0.3) is 0 Å². The van der Waals surface area contributed by atoms with Gasteiger partial charge in [0, 0.05) is 13.1 Å². The topological polar surface area (TPSA) is 12.5 Å². The molecule has 22 heavy (non-hydrogen) atoms. The van der Waals surface area contributed by atoms with Gasteiger partial charge >= 0.3 is 6.18 Å². The normalized spacial score (nSPS) is 17.6. The number of hydrogen-bond acceptors (Lipinski definition) is 2. The van der Waals surface area contributed by atoms with E-state index in [1.807, 2.05) is 0 Å². The monoisotopic (exact) mass is 315 g/mol. The quantitative estimate of drug-likeness (QED) is 0.703. The number of ether oxygens (including phenoxy) is 1. The molecule has 1 aliphatic rings. The largest absolute Gasteiger partial charge is 0.490 e. The van der Waals surface area contributed by atoms with Gasteiger partial charge in [-0.15, -0.1) is 0 Å². The molecule has 0 aliphatic carbocycles. The number of nitrogens with zero attached hydrogens (tertiary/aromatic N) is 1. The Labute approximate surface area is 130 Å². The zero-order chi connectivity index (χ0) is 16.0. The second kappa shape index (κ2) is 7.86. The van der Waals surface area contributed by atoms with Crippen molar-refractivity contribution in [3.63, 3.8) is 0 Å². The van der Waals surface area contributed by atoms with Crippen molar-refractivity contribution in [2.75, 3.05) is 19.6 Å². The van der Waals surface area contributed by atoms with Gasteiger partial charge in [0.15, 0.2) is 0 Å². The number of unbranched alkanes of at least 4 members (excludes halogenated alkanes) is 2. The summed E-state index contributed by atoms with van der Waals surface area (Å²) >= 11 is 0. The van der Waals surface area contributed by atoms with E-state index in [-0.39, 0.29) is 11.9 Å². The van der Waals surface area contributed by atoms with E-state index in [1.54, 1.807) is 6.07 Å². The number of benzene rings is 1. The first-order valence-corrected chi connectivity index (χ1v) is 8.06. The van der Waals surface area contributed by atoms with Crippen molar-refractivity contribution in [3.8, 4) is 5.75 Å². The summed E-state index contributed by atoms with van der Waals surface area (Å²) in [5.41, 5.74) is -0.680. The van der Waals surface area contributed by atoms with Crippen LogP contribution in [0.3, 0.4) is 0 Å². The van der Waals surface area contributed by atoms with Crippen molar-refractivity contribution in [3.05, 3.63) is 29.8 Å². The first-order chi connectivity index (χ1) is 10.5. The highest BCUT2D eigenvalue weighted by Crippen LogP contribution is 2.36. The van der Waals surface area contributed by atoms with Gasteiger partial charge in [0.05, 0.1) is 5.56 Å². The number of halogens is 3. The third-order valence-electron chi connectivity index (χ3n) is 4.10. The van der Waals surface area contributed by atoms with Crippen molar-refractivity contribution in [2.45, 2.75) is 51.3 Å². The van der Waals surface area contributed by atoms with E-state index >= 15 is 0 Å². The third kappa shape index (κ3) is 4.90. The number of rotatable bonds is 6. The molecule has 1 aliphatic heterocycles. The molecule has 0 radical (unpaired) electrons. The zero-order valence-electron chi connectivity index (χ0n) is 13.0. The van der Waals surface area contributed by atoms with E-state index in [4.69, 9.17) is 4.74 Å². The molecule has 0 amide bonds. The molecule has 2 nitrogen and oxygen atoms in total. The van der Waals surface area contributed by atoms with Crippen LogP contribution in [0.25, 0.3) is 0 Å². The fraction of sp³-hybridized carbons (Fsp3) is 0.647. The van der Waals surface area contributed by atoms with E-state index in [9.17, 15) is 13.2 Å². The van der Waals surface area contributed by atoms with Crippen LogP contribution in [0.5, 0.6) is 5.75 Å². The van der Waals surface area contributed by atoms with Gasteiger partial charge in [-0.25, -0.2) is 0 Å². The van der Waals surface area contributed by atoms with Crippen LogP contribution in [-0.2, 0) is 6.18 Å². The highest BCUT2D eigenvalue weighted by Gasteiger charge is 2.34. The van der Waals surface area contributed by atoms with Gasteiger partial charge in [0.2, 0.25) is 0 Å². The summed E-state index contributed by atoms with van der Waals surface area (Å²) in [6, 6.07) is 5.47. The number of hydrogen-bond donors (Lipinski definition) is 0. The summed E-state index contributed by atoms with van der Waals surface area (Å²) in [5.74, 6) is -0.0422. The molecule has 1 saturated heterocycles. The molecule has 0 atom stereocenters. The second-order valence-electron chi connectivity index (χ2n) is 5.86. The maximum Gasteiger partial charge on any atom is 0.419 e. The lowest BCUT2D eigenvalue weighted by Gasteiger charge is -2.32. The number of likely N-dealkylation sites (tertiary alicyclic amines) is 1. The molecule has 0 bridgehead atoms. The first-order valence-electron chi connectivity index (χ1n) is 8.06.